The van der Waals surface area contributed by atoms with E-state index in [1.165, 1.54) is 18.2 Å². The molecule has 2 aromatic rings. The summed E-state index contributed by atoms with van der Waals surface area (Å²) in [4.78, 5) is 0.0853. The molecule has 0 N–H and O–H groups in total. The summed E-state index contributed by atoms with van der Waals surface area (Å²) >= 11 is 0. The monoisotopic (exact) mass is 442 g/mol. The van der Waals surface area contributed by atoms with Gasteiger partial charge in [-0.3, -0.25) is 0 Å². The van der Waals surface area contributed by atoms with Gasteiger partial charge in [-0.15, -0.1) is 18.2 Å². The Bertz CT molecular complexity index is 857. The van der Waals surface area contributed by atoms with E-state index in [1.807, 2.05) is 19.9 Å². The molecule has 0 spiro atoms. The molecule has 28 heavy (non-hydrogen) atoms. The Morgan fingerprint density at radius 3 is 2.25 bits per heavy atom. The third-order valence-electron chi connectivity index (χ3n) is 4.69. The molecule has 0 fully saturated rings. The zero-order valence-corrected chi connectivity index (χ0v) is 18.9. The maximum atomic E-state index is 14.4. The third kappa shape index (κ3) is 6.13. The van der Waals surface area contributed by atoms with Crippen LogP contribution in [0.25, 0.3) is 0 Å². The molecule has 0 aromatic heterocycles. The molecule has 0 saturated heterocycles. The van der Waals surface area contributed by atoms with Crippen molar-refractivity contribution < 1.29 is 38.9 Å². The molecule has 0 aliphatic heterocycles. The summed E-state index contributed by atoms with van der Waals surface area (Å²) < 4.78 is 55.3. The van der Waals surface area contributed by atoms with Crippen LogP contribution in [0.5, 0.6) is 0 Å². The van der Waals surface area contributed by atoms with Crippen molar-refractivity contribution >= 4 is 15.7 Å². The molecule has 0 amide bonds. The van der Waals surface area contributed by atoms with Crippen LogP contribution >= 0.6 is 0 Å². The fourth-order valence-corrected chi connectivity index (χ4v) is 4.49. The van der Waals surface area contributed by atoms with Gasteiger partial charge in [0.15, 0.2) is 0 Å². The molecule has 0 heterocycles. The van der Waals surface area contributed by atoms with Gasteiger partial charge in [0.1, 0.15) is 0 Å². The van der Waals surface area contributed by atoms with Crippen molar-refractivity contribution in [3.8, 4) is 0 Å². The molecule has 0 saturated carbocycles. The Kier molecular flexibility index (Phi) is 9.81. The molecule has 2 rings (SSSR count). The molecule has 0 aliphatic rings. The van der Waals surface area contributed by atoms with E-state index in [2.05, 4.69) is 6.92 Å². The maximum Gasteiger partial charge on any atom is 0.254 e. The van der Waals surface area contributed by atoms with Crippen molar-refractivity contribution in [2.24, 2.45) is 5.92 Å². The van der Waals surface area contributed by atoms with Crippen LogP contribution in [0, 0.1) is 30.5 Å². The molecular formula is C21H26F2NO2STi-. The summed E-state index contributed by atoms with van der Waals surface area (Å²) in [5, 5.41) is 0. The number of rotatable bonds is 9. The number of hydrogen-bond acceptors (Lipinski definition) is 2. The number of benzene rings is 2. The van der Waals surface area contributed by atoms with Gasteiger partial charge in [0.05, 0.1) is 4.90 Å². The van der Waals surface area contributed by atoms with Gasteiger partial charge in [0, 0.05) is 39.9 Å². The van der Waals surface area contributed by atoms with E-state index in [0.717, 1.165) is 41.6 Å². The number of anilines is 1. The van der Waals surface area contributed by atoms with Gasteiger partial charge in [0.2, 0.25) is 0 Å². The van der Waals surface area contributed by atoms with Gasteiger partial charge in [-0.1, -0.05) is 50.8 Å². The zero-order valence-electron chi connectivity index (χ0n) is 16.5. The summed E-state index contributed by atoms with van der Waals surface area (Å²) in [6.45, 7) is 6.07. The number of nitrogens with zero attached hydrogens (tertiary/aromatic N) is 1. The van der Waals surface area contributed by atoms with Crippen LogP contribution in [0.2, 0.25) is 0 Å². The Labute approximate surface area is 182 Å². The predicted molar refractivity (Wildman–Crippen MR) is 104 cm³/mol. The van der Waals surface area contributed by atoms with E-state index in [9.17, 15) is 17.2 Å². The summed E-state index contributed by atoms with van der Waals surface area (Å²) in [5.41, 5.74) is 0.753. The Morgan fingerprint density at radius 2 is 1.71 bits per heavy atom. The second-order valence-corrected chi connectivity index (χ2v) is 8.63. The van der Waals surface area contributed by atoms with Crippen LogP contribution in [-0.4, -0.2) is 15.0 Å². The zero-order chi connectivity index (χ0) is 20.0. The van der Waals surface area contributed by atoms with Gasteiger partial charge >= 0.3 is 0 Å². The molecule has 2 aromatic carbocycles. The van der Waals surface area contributed by atoms with E-state index >= 15 is 0 Å². The summed E-state index contributed by atoms with van der Waals surface area (Å²) in [6.07, 6.45) is 3.58. The van der Waals surface area contributed by atoms with Gasteiger partial charge in [-0.2, -0.15) is 0 Å². The molecule has 1 atom stereocenters. The first-order valence-electron chi connectivity index (χ1n) is 9.26. The minimum atomic E-state index is -3.99. The normalized spacial score (nSPS) is 12.3. The average Bonchev–Trinajstić information content (AvgIpc) is 2.63. The molecule has 1 unspecified atom stereocenters. The topological polar surface area (TPSA) is 37.4 Å². The van der Waals surface area contributed by atoms with Gasteiger partial charge in [-0.05, 0) is 37.1 Å². The van der Waals surface area contributed by atoms with Gasteiger partial charge < -0.3 is 4.31 Å². The largest absolute Gasteiger partial charge is 0.316 e. The molecule has 7 heteroatoms. The minimum absolute atomic E-state index is 0. The van der Waals surface area contributed by atoms with Crippen LogP contribution in [0.4, 0.5) is 14.5 Å². The second kappa shape index (κ2) is 11.1. The quantitative estimate of drug-likeness (QED) is 0.381. The Balaban J connectivity index is 0.00000392. The molecule has 0 aliphatic carbocycles. The summed E-state index contributed by atoms with van der Waals surface area (Å²) in [6, 6.07) is 10.6. The SMILES string of the molecule is CCCCC(CC)CN(c1ccc(F)[c-]c1F)S(=O)(=O)c1ccc(C)cc1.[Ti]. The second-order valence-electron chi connectivity index (χ2n) is 6.77. The van der Waals surface area contributed by atoms with Gasteiger partial charge in [-0.25, -0.2) is 17.2 Å². The molecular weight excluding hydrogens is 416 g/mol. The fourth-order valence-electron chi connectivity index (χ4n) is 2.94. The van der Waals surface area contributed by atoms with Crippen LogP contribution in [0.1, 0.15) is 45.1 Å². The molecule has 3 nitrogen and oxygen atoms in total. The van der Waals surface area contributed by atoms with Crippen LogP contribution < -0.4 is 4.31 Å². The maximum absolute atomic E-state index is 14.4. The standard InChI is InChI=1S/C21H26F2NO2S.Ti/c1-4-6-7-17(5-2)15-24(21-13-10-18(22)14-20(21)23)27(25,26)19-11-8-16(3)9-12-19;/h8-13,17H,4-7,15H2,1-3H3;/q-1;. The molecule has 152 valence electrons. The minimum Gasteiger partial charge on any atom is -0.316 e. The van der Waals surface area contributed by atoms with Crippen LogP contribution in [0.15, 0.2) is 41.3 Å². The van der Waals surface area contributed by atoms with Crippen molar-refractivity contribution in [2.45, 2.75) is 51.3 Å². The number of unbranched alkanes of at least 4 members (excludes halogenated alkanes) is 1. The third-order valence-corrected chi connectivity index (χ3v) is 6.48. The molecule has 0 radical (unpaired) electrons. The average molecular weight is 442 g/mol. The van der Waals surface area contributed by atoms with E-state index in [0.29, 0.717) is 0 Å². The van der Waals surface area contributed by atoms with Crippen LogP contribution in [-0.2, 0) is 31.7 Å². The van der Waals surface area contributed by atoms with Gasteiger partial charge in [0.25, 0.3) is 10.0 Å². The van der Waals surface area contributed by atoms with Crippen molar-refractivity contribution in [3.05, 3.63) is 59.7 Å². The number of hydrogen-bond donors (Lipinski definition) is 0. The number of halogens is 2. The smallest absolute Gasteiger partial charge is 0.254 e. The van der Waals surface area contributed by atoms with Crippen molar-refractivity contribution in [3.63, 3.8) is 0 Å². The summed E-state index contributed by atoms with van der Waals surface area (Å²) in [7, 11) is -3.99. The van der Waals surface area contributed by atoms with Crippen molar-refractivity contribution in [1.29, 1.82) is 0 Å². The fraction of sp³-hybridized carbons (Fsp3) is 0.429. The Morgan fingerprint density at radius 1 is 1.07 bits per heavy atom. The van der Waals surface area contributed by atoms with E-state index in [-0.39, 0.29) is 44.8 Å². The van der Waals surface area contributed by atoms with Crippen molar-refractivity contribution in [1.82, 2.24) is 0 Å². The van der Waals surface area contributed by atoms with E-state index in [1.54, 1.807) is 12.1 Å². The molecule has 0 bridgehead atoms. The first-order valence-corrected chi connectivity index (χ1v) is 10.7. The Hall–Kier alpha value is -1.24. The first kappa shape index (κ1) is 24.8. The first-order chi connectivity index (χ1) is 12.8. The van der Waals surface area contributed by atoms with E-state index in [4.69, 9.17) is 0 Å². The summed E-state index contributed by atoms with van der Waals surface area (Å²) in [5.74, 6) is -1.78. The predicted octanol–water partition coefficient (Wildman–Crippen LogP) is 5.48. The van der Waals surface area contributed by atoms with Crippen LogP contribution in [0.3, 0.4) is 0 Å². The van der Waals surface area contributed by atoms with E-state index < -0.39 is 21.7 Å². The van der Waals surface area contributed by atoms with Crippen molar-refractivity contribution in [2.75, 3.05) is 10.8 Å². The number of sulfonamides is 1. The number of aryl methyl sites for hydroxylation is 1.